The van der Waals surface area contributed by atoms with Crippen molar-refractivity contribution >= 4 is 38.5 Å². The van der Waals surface area contributed by atoms with Crippen LogP contribution in [0.1, 0.15) is 40.1 Å². The van der Waals surface area contributed by atoms with E-state index in [1.165, 1.54) is 0 Å². The number of halogens is 1. The molecule has 4 rings (SSSR count). The van der Waals surface area contributed by atoms with Crippen LogP contribution >= 0.6 is 15.9 Å². The highest BCUT2D eigenvalue weighted by Gasteiger charge is 2.18. The minimum absolute atomic E-state index is 0.134. The number of carboxylic acid groups (broad SMARTS) is 1. The van der Waals surface area contributed by atoms with Gasteiger partial charge in [-0.2, -0.15) is 0 Å². The maximum Gasteiger partial charge on any atom is 0.337 e. The Bertz CT molecular complexity index is 1270. The lowest BCUT2D eigenvalue weighted by atomic mass is 9.98. The number of para-hydroxylation sites is 1. The fourth-order valence-electron chi connectivity index (χ4n) is 3.60. The number of carbonyl (C=O) groups is 1. The van der Waals surface area contributed by atoms with Gasteiger partial charge in [0.2, 0.25) is 0 Å². The largest absolute Gasteiger partial charge is 0.478 e. The molecule has 0 saturated carbocycles. The van der Waals surface area contributed by atoms with Crippen LogP contribution in [-0.4, -0.2) is 21.2 Å². The molecule has 7 heteroatoms. The van der Waals surface area contributed by atoms with E-state index in [0.29, 0.717) is 5.69 Å². The molecule has 152 valence electrons. The zero-order valence-electron chi connectivity index (χ0n) is 16.7. The third-order valence-electron chi connectivity index (χ3n) is 5.07. The number of pyridine rings is 1. The number of hydrogen-bond donors (Lipinski definition) is 2. The summed E-state index contributed by atoms with van der Waals surface area (Å²) in [6, 6.07) is 13.0. The molecule has 0 aliphatic heterocycles. The van der Waals surface area contributed by atoms with Gasteiger partial charge in [0.15, 0.2) is 0 Å². The quantitative estimate of drug-likeness (QED) is 0.367. The van der Waals surface area contributed by atoms with Gasteiger partial charge in [0.25, 0.3) is 0 Å². The highest BCUT2D eigenvalue weighted by Crippen LogP contribution is 2.35. The first-order chi connectivity index (χ1) is 14.3. The standard InChI is InChI=1S/C23H20BrN3O3/c1-12-8-16(13(2)25-20-7-5-4-6-15(20)23(28)29)17-10-19(24)22(26-21(17)9-12)18-11-30-27-14(18)3/h4-11,13,25H,1-3H3,(H,28,29). The molecule has 1 atom stereocenters. The van der Waals surface area contributed by atoms with Gasteiger partial charge in [-0.25, -0.2) is 9.78 Å². The van der Waals surface area contributed by atoms with Gasteiger partial charge in [-0.1, -0.05) is 23.4 Å². The van der Waals surface area contributed by atoms with Gasteiger partial charge < -0.3 is 14.9 Å². The Labute approximate surface area is 182 Å². The molecule has 30 heavy (non-hydrogen) atoms. The number of aromatic nitrogens is 2. The molecule has 2 aromatic carbocycles. The summed E-state index contributed by atoms with van der Waals surface area (Å²) in [5, 5.41) is 17.8. The number of hydrogen-bond acceptors (Lipinski definition) is 5. The average Bonchev–Trinajstić information content (AvgIpc) is 3.13. The molecular weight excluding hydrogens is 446 g/mol. The first-order valence-corrected chi connectivity index (χ1v) is 10.3. The smallest absolute Gasteiger partial charge is 0.337 e. The van der Waals surface area contributed by atoms with Gasteiger partial charge in [-0.05, 0) is 72.1 Å². The van der Waals surface area contributed by atoms with Crippen molar-refractivity contribution < 1.29 is 14.4 Å². The Morgan fingerprint density at radius 1 is 1.20 bits per heavy atom. The van der Waals surface area contributed by atoms with E-state index in [-0.39, 0.29) is 11.6 Å². The van der Waals surface area contributed by atoms with Crippen molar-refractivity contribution in [3.63, 3.8) is 0 Å². The lowest BCUT2D eigenvalue weighted by molar-refractivity contribution is 0.0698. The number of benzene rings is 2. The summed E-state index contributed by atoms with van der Waals surface area (Å²) in [5.74, 6) is -0.961. The van der Waals surface area contributed by atoms with E-state index in [0.717, 1.165) is 43.5 Å². The summed E-state index contributed by atoms with van der Waals surface area (Å²) in [6.07, 6.45) is 1.60. The molecule has 0 amide bonds. The summed E-state index contributed by atoms with van der Waals surface area (Å²) < 4.78 is 5.92. The monoisotopic (exact) mass is 465 g/mol. The van der Waals surface area contributed by atoms with E-state index >= 15 is 0 Å². The first kappa shape index (κ1) is 20.1. The average molecular weight is 466 g/mol. The normalized spacial score (nSPS) is 12.1. The van der Waals surface area contributed by atoms with E-state index < -0.39 is 5.97 Å². The lowest BCUT2D eigenvalue weighted by Crippen LogP contribution is -2.11. The molecule has 0 aliphatic carbocycles. The topological polar surface area (TPSA) is 88.2 Å². The van der Waals surface area contributed by atoms with E-state index in [1.807, 2.05) is 39.0 Å². The summed E-state index contributed by atoms with van der Waals surface area (Å²) in [6.45, 7) is 5.92. The van der Waals surface area contributed by atoms with Gasteiger partial charge >= 0.3 is 5.97 Å². The molecular formula is C23H20BrN3O3. The molecule has 6 nitrogen and oxygen atoms in total. The zero-order chi connectivity index (χ0) is 21.4. The van der Waals surface area contributed by atoms with Crippen LogP contribution in [0.4, 0.5) is 5.69 Å². The fraction of sp³-hybridized carbons (Fsp3) is 0.174. The van der Waals surface area contributed by atoms with Crippen molar-refractivity contribution in [2.75, 3.05) is 5.32 Å². The van der Waals surface area contributed by atoms with Crippen LogP contribution in [0.5, 0.6) is 0 Å². The first-order valence-electron chi connectivity index (χ1n) is 9.46. The second-order valence-electron chi connectivity index (χ2n) is 7.27. The molecule has 0 bridgehead atoms. The molecule has 0 radical (unpaired) electrons. The number of aromatic carboxylic acids is 1. The highest BCUT2D eigenvalue weighted by atomic mass is 79.9. The van der Waals surface area contributed by atoms with Crippen LogP contribution in [-0.2, 0) is 0 Å². The van der Waals surface area contributed by atoms with E-state index in [4.69, 9.17) is 9.51 Å². The maximum atomic E-state index is 11.6. The number of fused-ring (bicyclic) bond motifs is 1. The molecule has 4 aromatic rings. The van der Waals surface area contributed by atoms with Gasteiger partial charge in [0.1, 0.15) is 6.26 Å². The second kappa shape index (κ2) is 7.91. The molecule has 1 unspecified atom stereocenters. The van der Waals surface area contributed by atoms with Crippen molar-refractivity contribution in [3.8, 4) is 11.3 Å². The number of carboxylic acids is 1. The van der Waals surface area contributed by atoms with Crippen molar-refractivity contribution in [2.24, 2.45) is 0 Å². The summed E-state index contributed by atoms with van der Waals surface area (Å²) >= 11 is 3.64. The molecule has 0 fully saturated rings. The number of anilines is 1. The lowest BCUT2D eigenvalue weighted by Gasteiger charge is -2.20. The number of nitrogens with one attached hydrogen (secondary N) is 1. The Balaban J connectivity index is 1.81. The summed E-state index contributed by atoms with van der Waals surface area (Å²) in [7, 11) is 0. The van der Waals surface area contributed by atoms with Crippen LogP contribution in [0.15, 0.2) is 57.7 Å². The van der Waals surface area contributed by atoms with Crippen LogP contribution < -0.4 is 5.32 Å². The van der Waals surface area contributed by atoms with Crippen molar-refractivity contribution in [1.29, 1.82) is 0 Å². The minimum Gasteiger partial charge on any atom is -0.478 e. The number of aryl methyl sites for hydroxylation is 2. The fourth-order valence-corrected chi connectivity index (χ4v) is 4.13. The van der Waals surface area contributed by atoms with Crippen molar-refractivity contribution in [2.45, 2.75) is 26.8 Å². The van der Waals surface area contributed by atoms with E-state index in [2.05, 4.69) is 32.5 Å². The maximum absolute atomic E-state index is 11.6. The van der Waals surface area contributed by atoms with Crippen molar-refractivity contribution in [3.05, 3.63) is 75.6 Å². The van der Waals surface area contributed by atoms with Crippen LogP contribution in [0.25, 0.3) is 22.2 Å². The molecule has 0 aliphatic rings. The third kappa shape index (κ3) is 3.68. The third-order valence-corrected chi connectivity index (χ3v) is 5.67. The predicted octanol–water partition coefficient (Wildman–Crippen LogP) is 6.14. The Hall–Kier alpha value is -3.19. The molecule has 0 saturated heterocycles. The molecule has 0 spiro atoms. The predicted molar refractivity (Wildman–Crippen MR) is 120 cm³/mol. The van der Waals surface area contributed by atoms with Gasteiger partial charge in [-0.3, -0.25) is 0 Å². The SMILES string of the molecule is Cc1cc(C(C)Nc2ccccc2C(=O)O)c2cc(Br)c(-c3conc3C)nc2c1. The molecule has 2 heterocycles. The molecule has 2 N–H and O–H groups in total. The van der Waals surface area contributed by atoms with E-state index in [9.17, 15) is 9.90 Å². The zero-order valence-corrected chi connectivity index (χ0v) is 18.3. The Morgan fingerprint density at radius 2 is 1.97 bits per heavy atom. The van der Waals surface area contributed by atoms with Gasteiger partial charge in [0.05, 0.1) is 28.0 Å². The van der Waals surface area contributed by atoms with Crippen LogP contribution in [0.2, 0.25) is 0 Å². The molecule has 2 aromatic heterocycles. The van der Waals surface area contributed by atoms with Crippen LogP contribution in [0.3, 0.4) is 0 Å². The number of nitrogens with zero attached hydrogens (tertiary/aromatic N) is 2. The Morgan fingerprint density at radius 3 is 2.67 bits per heavy atom. The second-order valence-corrected chi connectivity index (χ2v) is 8.12. The minimum atomic E-state index is -0.961. The number of rotatable bonds is 5. The van der Waals surface area contributed by atoms with Crippen LogP contribution in [0, 0.1) is 13.8 Å². The van der Waals surface area contributed by atoms with Gasteiger partial charge in [0, 0.05) is 21.6 Å². The summed E-state index contributed by atoms with van der Waals surface area (Å²) in [4.78, 5) is 16.4. The van der Waals surface area contributed by atoms with E-state index in [1.54, 1.807) is 24.5 Å². The summed E-state index contributed by atoms with van der Waals surface area (Å²) in [5.41, 5.74) is 6.16. The highest BCUT2D eigenvalue weighted by molar-refractivity contribution is 9.10. The van der Waals surface area contributed by atoms with Gasteiger partial charge in [-0.15, -0.1) is 0 Å². The Kier molecular flexibility index (Phi) is 5.30. The van der Waals surface area contributed by atoms with Crippen molar-refractivity contribution in [1.82, 2.24) is 10.1 Å².